The lowest BCUT2D eigenvalue weighted by Gasteiger charge is -2.22. The molecule has 3 aliphatic rings. The predicted octanol–water partition coefficient (Wildman–Crippen LogP) is 3.60. The van der Waals surface area contributed by atoms with E-state index in [4.69, 9.17) is 5.73 Å². The number of thioether (sulfide) groups is 1. The van der Waals surface area contributed by atoms with Crippen molar-refractivity contribution in [2.24, 2.45) is 5.92 Å². The molecule has 0 amide bonds. The van der Waals surface area contributed by atoms with Crippen LogP contribution in [0.5, 0.6) is 0 Å². The maximum absolute atomic E-state index is 12.0. The van der Waals surface area contributed by atoms with E-state index in [1.807, 2.05) is 18.7 Å². The van der Waals surface area contributed by atoms with Gasteiger partial charge in [-0.25, -0.2) is 4.79 Å². The van der Waals surface area contributed by atoms with E-state index in [0.29, 0.717) is 5.82 Å². The van der Waals surface area contributed by atoms with Gasteiger partial charge in [-0.3, -0.25) is 4.57 Å². The summed E-state index contributed by atoms with van der Waals surface area (Å²) in [6, 6.07) is 0. The minimum atomic E-state index is -0.254. The number of fused-ring (bicyclic) bond motifs is 1. The van der Waals surface area contributed by atoms with Crippen LogP contribution in [0.3, 0.4) is 0 Å². The first kappa shape index (κ1) is 14.9. The third-order valence-corrected chi connectivity index (χ3v) is 7.01. The second kappa shape index (κ2) is 6.01. The highest BCUT2D eigenvalue weighted by Gasteiger charge is 2.23. The van der Waals surface area contributed by atoms with Crippen LogP contribution < -0.4 is 11.4 Å². The Balaban J connectivity index is 1.90. The largest absolute Gasteiger partial charge is 0.382 e. The van der Waals surface area contributed by atoms with Crippen molar-refractivity contribution in [3.63, 3.8) is 0 Å². The molecule has 1 aliphatic carbocycles. The maximum atomic E-state index is 12.0. The van der Waals surface area contributed by atoms with Gasteiger partial charge < -0.3 is 5.73 Å². The molecule has 0 atom stereocenters. The lowest BCUT2D eigenvalue weighted by Crippen LogP contribution is -2.17. The highest BCUT2D eigenvalue weighted by molar-refractivity contribution is 8.01. The average Bonchev–Trinajstić information content (AvgIpc) is 2.78. The molecule has 0 saturated heterocycles. The van der Waals surface area contributed by atoms with Gasteiger partial charge in [-0.1, -0.05) is 19.3 Å². The number of imidazole rings is 1. The van der Waals surface area contributed by atoms with E-state index in [0.717, 1.165) is 32.1 Å². The molecule has 6 heteroatoms. The summed E-state index contributed by atoms with van der Waals surface area (Å²) in [7, 11) is 0. The molecule has 0 aromatic rings. The minimum Gasteiger partial charge on any atom is -0.382 e. The van der Waals surface area contributed by atoms with Crippen LogP contribution in [-0.4, -0.2) is 15.3 Å². The Morgan fingerprint density at radius 2 is 2.05 bits per heavy atom. The highest BCUT2D eigenvalue weighted by atomic mass is 32.2. The zero-order chi connectivity index (χ0) is 15.0. The Hall–Kier alpha value is -1.01. The average molecular weight is 323 g/mol. The standard InChI is InChI=1S/C15H21N3OS2/c1-9-10(2)21-14(12-13(16)17-15(19)18(9)12)20-8-11-6-4-3-5-7-11/h11H,3-8H2,1-2H3,(H2,16,17,19). The topological polar surface area (TPSA) is 60.9 Å². The van der Waals surface area contributed by atoms with Gasteiger partial charge in [-0.05, 0) is 32.6 Å². The van der Waals surface area contributed by atoms with Crippen LogP contribution in [0.15, 0.2) is 9.00 Å². The maximum Gasteiger partial charge on any atom is 0.354 e. The van der Waals surface area contributed by atoms with E-state index in [-0.39, 0.29) is 5.69 Å². The molecule has 2 N–H and O–H groups in total. The Morgan fingerprint density at radius 1 is 1.33 bits per heavy atom. The minimum absolute atomic E-state index is 0.254. The van der Waals surface area contributed by atoms with Crippen molar-refractivity contribution in [2.75, 3.05) is 11.5 Å². The molecular formula is C15H21N3OS2. The zero-order valence-electron chi connectivity index (χ0n) is 12.5. The number of hydrogen-bond acceptors (Lipinski definition) is 5. The first-order valence-corrected chi connectivity index (χ1v) is 9.29. The zero-order valence-corrected chi connectivity index (χ0v) is 14.1. The number of hydrogen-bond donors (Lipinski definition) is 1. The quantitative estimate of drug-likeness (QED) is 0.877. The van der Waals surface area contributed by atoms with Crippen molar-refractivity contribution in [2.45, 2.75) is 50.2 Å². The predicted molar refractivity (Wildman–Crippen MR) is 90.1 cm³/mol. The molecule has 2 heterocycles. The third-order valence-electron chi connectivity index (χ3n) is 4.33. The van der Waals surface area contributed by atoms with Crippen molar-refractivity contribution in [3.8, 4) is 5.69 Å². The molecule has 0 spiro atoms. The van der Waals surface area contributed by atoms with E-state index >= 15 is 0 Å². The van der Waals surface area contributed by atoms with Crippen LogP contribution in [0.1, 0.15) is 42.7 Å². The van der Waals surface area contributed by atoms with Crippen LogP contribution in [-0.2, 0) is 0 Å². The van der Waals surface area contributed by atoms with Gasteiger partial charge in [0.05, 0.1) is 4.21 Å². The van der Waals surface area contributed by atoms with Crippen molar-refractivity contribution in [1.82, 2.24) is 9.55 Å². The Bertz CT molecular complexity index is 671. The van der Waals surface area contributed by atoms with Crippen molar-refractivity contribution < 1.29 is 0 Å². The van der Waals surface area contributed by atoms with Crippen LogP contribution in [0, 0.1) is 19.8 Å². The van der Waals surface area contributed by atoms with Gasteiger partial charge in [0.1, 0.15) is 5.69 Å². The third kappa shape index (κ3) is 2.83. The van der Waals surface area contributed by atoms with Gasteiger partial charge >= 0.3 is 5.69 Å². The van der Waals surface area contributed by atoms with Crippen molar-refractivity contribution >= 4 is 28.9 Å². The molecule has 4 nitrogen and oxygen atoms in total. The number of nitrogens with two attached hydrogens (primary N) is 1. The van der Waals surface area contributed by atoms with Crippen molar-refractivity contribution in [3.05, 3.63) is 21.1 Å². The van der Waals surface area contributed by atoms with Gasteiger partial charge in [-0.15, -0.1) is 23.1 Å². The van der Waals surface area contributed by atoms with E-state index in [1.165, 1.54) is 32.1 Å². The van der Waals surface area contributed by atoms with Crippen molar-refractivity contribution in [1.29, 1.82) is 0 Å². The number of anilines is 1. The van der Waals surface area contributed by atoms with Crippen LogP contribution >= 0.6 is 23.1 Å². The monoisotopic (exact) mass is 323 g/mol. The van der Waals surface area contributed by atoms with Gasteiger partial charge in [0, 0.05) is 16.3 Å². The molecule has 0 unspecified atom stereocenters. The summed E-state index contributed by atoms with van der Waals surface area (Å²) in [6.45, 7) is 4.01. The summed E-state index contributed by atoms with van der Waals surface area (Å²) < 4.78 is 2.81. The molecule has 1 saturated carbocycles. The SMILES string of the molecule is Cc1sc(SCC2CCCCC2)c2c(N)nc(=O)n-2c1C. The number of aromatic nitrogens is 2. The summed E-state index contributed by atoms with van der Waals surface area (Å²) in [4.78, 5) is 17.1. The fraction of sp³-hybridized carbons (Fsp3) is 0.600. The Morgan fingerprint density at radius 3 is 2.76 bits per heavy atom. The smallest absolute Gasteiger partial charge is 0.354 e. The van der Waals surface area contributed by atoms with Gasteiger partial charge in [0.25, 0.3) is 0 Å². The van der Waals surface area contributed by atoms with E-state index in [9.17, 15) is 4.79 Å². The number of nitrogen functional groups attached to an aromatic ring is 1. The normalized spacial score (nSPS) is 16.7. The fourth-order valence-electron chi connectivity index (χ4n) is 2.99. The summed E-state index contributed by atoms with van der Waals surface area (Å²) in [5.41, 5.74) is 7.48. The summed E-state index contributed by atoms with van der Waals surface area (Å²) >= 11 is 3.58. The number of nitrogens with zero attached hydrogens (tertiary/aromatic N) is 2. The van der Waals surface area contributed by atoms with E-state index in [1.54, 1.807) is 15.9 Å². The van der Waals surface area contributed by atoms with Gasteiger partial charge in [-0.2, -0.15) is 4.98 Å². The molecule has 2 aliphatic heterocycles. The van der Waals surface area contributed by atoms with E-state index in [2.05, 4.69) is 11.9 Å². The van der Waals surface area contributed by atoms with Gasteiger partial charge in [0.15, 0.2) is 5.82 Å². The molecule has 0 radical (unpaired) electrons. The lowest BCUT2D eigenvalue weighted by molar-refractivity contribution is 0.391. The van der Waals surface area contributed by atoms with Gasteiger partial charge in [0.2, 0.25) is 0 Å². The molecule has 3 rings (SSSR count). The van der Waals surface area contributed by atoms with E-state index < -0.39 is 0 Å². The molecule has 114 valence electrons. The Kier molecular flexibility index (Phi) is 4.26. The van der Waals surface area contributed by atoms with Crippen LogP contribution in [0.25, 0.3) is 5.69 Å². The molecule has 21 heavy (non-hydrogen) atoms. The summed E-state index contributed by atoms with van der Waals surface area (Å²) in [5, 5.41) is 0. The first-order chi connectivity index (χ1) is 10.1. The van der Waals surface area contributed by atoms with Crippen LogP contribution in [0.2, 0.25) is 0 Å². The lowest BCUT2D eigenvalue weighted by atomic mass is 9.91. The highest BCUT2D eigenvalue weighted by Crippen LogP contribution is 2.39. The second-order valence-electron chi connectivity index (χ2n) is 5.81. The summed E-state index contributed by atoms with van der Waals surface area (Å²) in [6.07, 6.45) is 6.76. The fourth-order valence-corrected chi connectivity index (χ4v) is 5.66. The second-order valence-corrected chi connectivity index (χ2v) is 8.32. The number of rotatable bonds is 3. The van der Waals surface area contributed by atoms with Crippen LogP contribution in [0.4, 0.5) is 5.82 Å². The molecule has 1 fully saturated rings. The summed E-state index contributed by atoms with van der Waals surface area (Å²) in [5.74, 6) is 2.28. The molecule has 0 bridgehead atoms. The number of aryl methyl sites for hydroxylation is 1. The molecule has 0 aromatic carbocycles. The molecular weight excluding hydrogens is 302 g/mol. The first-order valence-electron chi connectivity index (χ1n) is 7.49. The molecule has 0 aromatic heterocycles. The Labute approximate surface area is 133 Å².